The van der Waals surface area contributed by atoms with Gasteiger partial charge in [0.2, 0.25) is 5.91 Å². The summed E-state index contributed by atoms with van der Waals surface area (Å²) < 4.78 is 0. The SMILES string of the molecule is CC(C)(C)CC(O)CNC(=O)CC1(C(=O)O)CCC1. The van der Waals surface area contributed by atoms with Gasteiger partial charge in [0.1, 0.15) is 0 Å². The van der Waals surface area contributed by atoms with Crippen molar-refractivity contribution in [2.75, 3.05) is 6.54 Å². The van der Waals surface area contributed by atoms with Gasteiger partial charge in [-0.3, -0.25) is 9.59 Å². The molecule has 0 heterocycles. The van der Waals surface area contributed by atoms with E-state index in [1.54, 1.807) is 0 Å². The van der Waals surface area contributed by atoms with Crippen LogP contribution in [0.4, 0.5) is 0 Å². The molecule has 0 saturated heterocycles. The highest BCUT2D eigenvalue weighted by Crippen LogP contribution is 2.44. The van der Waals surface area contributed by atoms with E-state index >= 15 is 0 Å². The number of aliphatic hydroxyl groups excluding tert-OH is 1. The summed E-state index contributed by atoms with van der Waals surface area (Å²) in [6.07, 6.45) is 2.03. The Hall–Kier alpha value is -1.10. The summed E-state index contributed by atoms with van der Waals surface area (Å²) in [6.45, 7) is 6.25. The van der Waals surface area contributed by atoms with Gasteiger partial charge in [-0.25, -0.2) is 0 Å². The lowest BCUT2D eigenvalue weighted by atomic mass is 9.66. The fraction of sp³-hybridized carbons (Fsp3) is 0.857. The molecule has 1 saturated carbocycles. The molecule has 5 nitrogen and oxygen atoms in total. The van der Waals surface area contributed by atoms with Crippen LogP contribution >= 0.6 is 0 Å². The van der Waals surface area contributed by atoms with Gasteiger partial charge in [0.15, 0.2) is 0 Å². The predicted octanol–water partition coefficient (Wildman–Crippen LogP) is 1.54. The molecule has 1 aliphatic rings. The molecule has 0 bridgehead atoms. The lowest BCUT2D eigenvalue weighted by Crippen LogP contribution is -2.44. The van der Waals surface area contributed by atoms with Gasteiger partial charge >= 0.3 is 5.97 Å². The van der Waals surface area contributed by atoms with E-state index in [1.807, 2.05) is 20.8 Å². The Morgan fingerprint density at radius 1 is 1.32 bits per heavy atom. The van der Waals surface area contributed by atoms with Crippen molar-refractivity contribution in [1.82, 2.24) is 5.32 Å². The third-order valence-corrected chi connectivity index (χ3v) is 3.65. The molecule has 1 rings (SSSR count). The second-order valence-electron chi connectivity index (χ2n) is 6.84. The summed E-state index contributed by atoms with van der Waals surface area (Å²) in [6, 6.07) is 0. The molecule has 3 N–H and O–H groups in total. The molecule has 1 aliphatic carbocycles. The maximum Gasteiger partial charge on any atom is 0.310 e. The molecule has 1 unspecified atom stereocenters. The van der Waals surface area contributed by atoms with Crippen LogP contribution in [0, 0.1) is 10.8 Å². The van der Waals surface area contributed by atoms with Crippen LogP contribution in [0.15, 0.2) is 0 Å². The Bertz CT molecular complexity index is 342. The van der Waals surface area contributed by atoms with Gasteiger partial charge in [-0.1, -0.05) is 27.2 Å². The maximum absolute atomic E-state index is 11.7. The zero-order chi connectivity index (χ0) is 14.7. The second kappa shape index (κ2) is 5.90. The summed E-state index contributed by atoms with van der Waals surface area (Å²) in [7, 11) is 0. The molecule has 19 heavy (non-hydrogen) atoms. The minimum Gasteiger partial charge on any atom is -0.481 e. The van der Waals surface area contributed by atoms with E-state index in [0.29, 0.717) is 19.3 Å². The van der Waals surface area contributed by atoms with Crippen LogP contribution in [0.3, 0.4) is 0 Å². The van der Waals surface area contributed by atoms with Gasteiger partial charge in [0, 0.05) is 13.0 Å². The predicted molar refractivity (Wildman–Crippen MR) is 71.6 cm³/mol. The van der Waals surface area contributed by atoms with Crippen molar-refractivity contribution in [2.45, 2.75) is 59.0 Å². The fourth-order valence-corrected chi connectivity index (χ4v) is 2.45. The van der Waals surface area contributed by atoms with Gasteiger partial charge < -0.3 is 15.5 Å². The van der Waals surface area contributed by atoms with Crippen molar-refractivity contribution in [1.29, 1.82) is 0 Å². The van der Waals surface area contributed by atoms with Crippen molar-refractivity contribution in [3.8, 4) is 0 Å². The van der Waals surface area contributed by atoms with E-state index in [9.17, 15) is 14.7 Å². The first kappa shape index (κ1) is 16.0. The molecule has 1 fully saturated rings. The second-order valence-corrected chi connectivity index (χ2v) is 6.84. The summed E-state index contributed by atoms with van der Waals surface area (Å²) >= 11 is 0. The van der Waals surface area contributed by atoms with Crippen molar-refractivity contribution < 1.29 is 19.8 Å². The average molecular weight is 271 g/mol. The number of nitrogens with one attached hydrogen (secondary N) is 1. The van der Waals surface area contributed by atoms with Crippen LogP contribution in [0.1, 0.15) is 52.9 Å². The number of carboxylic acids is 1. The molecule has 1 amide bonds. The van der Waals surface area contributed by atoms with Crippen molar-refractivity contribution in [3.05, 3.63) is 0 Å². The Balaban J connectivity index is 2.34. The number of amides is 1. The van der Waals surface area contributed by atoms with E-state index in [4.69, 9.17) is 5.11 Å². The Morgan fingerprint density at radius 3 is 2.26 bits per heavy atom. The Kier molecular flexibility index (Phi) is 4.96. The summed E-state index contributed by atoms with van der Waals surface area (Å²) in [4.78, 5) is 22.9. The van der Waals surface area contributed by atoms with Crippen LogP contribution in [0.5, 0.6) is 0 Å². The van der Waals surface area contributed by atoms with Crippen LogP contribution in [0.2, 0.25) is 0 Å². The number of carboxylic acid groups (broad SMARTS) is 1. The quantitative estimate of drug-likeness (QED) is 0.684. The van der Waals surface area contributed by atoms with Crippen molar-refractivity contribution in [2.24, 2.45) is 10.8 Å². The van der Waals surface area contributed by atoms with Crippen molar-refractivity contribution in [3.63, 3.8) is 0 Å². The first-order chi connectivity index (χ1) is 8.65. The van der Waals surface area contributed by atoms with E-state index in [-0.39, 0.29) is 24.3 Å². The summed E-state index contributed by atoms with van der Waals surface area (Å²) in [5.74, 6) is -1.17. The number of rotatable bonds is 6. The number of aliphatic carboxylic acids is 1. The standard InChI is InChI=1S/C14H25NO4/c1-13(2,3)7-10(16)9-15-11(17)8-14(12(18)19)5-4-6-14/h10,16H,4-9H2,1-3H3,(H,15,17)(H,18,19). The average Bonchev–Trinajstić information content (AvgIpc) is 2.17. The Labute approximate surface area is 114 Å². The van der Waals surface area contributed by atoms with Crippen LogP contribution in [-0.4, -0.2) is 34.7 Å². The molecule has 5 heteroatoms. The van der Waals surface area contributed by atoms with E-state index in [0.717, 1.165) is 6.42 Å². The third-order valence-electron chi connectivity index (χ3n) is 3.65. The normalized spacial score (nSPS) is 19.4. The van der Waals surface area contributed by atoms with Gasteiger partial charge in [-0.05, 0) is 24.7 Å². The molecule has 1 atom stereocenters. The molecule has 0 aliphatic heterocycles. The molecular weight excluding hydrogens is 246 g/mol. The highest BCUT2D eigenvalue weighted by molar-refractivity contribution is 5.85. The van der Waals surface area contributed by atoms with Gasteiger partial charge in [0.05, 0.1) is 11.5 Å². The number of aliphatic hydroxyl groups is 1. The molecule has 0 aromatic heterocycles. The lowest BCUT2D eigenvalue weighted by molar-refractivity contribution is -0.157. The van der Waals surface area contributed by atoms with E-state index < -0.39 is 17.5 Å². The summed E-state index contributed by atoms with van der Waals surface area (Å²) in [5, 5.41) is 21.5. The zero-order valence-electron chi connectivity index (χ0n) is 12.0. The Morgan fingerprint density at radius 2 is 1.89 bits per heavy atom. The largest absolute Gasteiger partial charge is 0.481 e. The minimum absolute atomic E-state index is 0.000401. The number of hydrogen-bond donors (Lipinski definition) is 3. The molecule has 0 radical (unpaired) electrons. The fourth-order valence-electron chi connectivity index (χ4n) is 2.45. The third kappa shape index (κ3) is 4.82. The number of carbonyl (C=O) groups excluding carboxylic acids is 1. The van der Waals surface area contributed by atoms with Gasteiger partial charge in [-0.2, -0.15) is 0 Å². The minimum atomic E-state index is -0.885. The van der Waals surface area contributed by atoms with Crippen LogP contribution < -0.4 is 5.32 Å². The topological polar surface area (TPSA) is 86.6 Å². The number of hydrogen-bond acceptors (Lipinski definition) is 3. The molecule has 0 aromatic carbocycles. The van der Waals surface area contributed by atoms with Crippen LogP contribution in [-0.2, 0) is 9.59 Å². The van der Waals surface area contributed by atoms with E-state index in [2.05, 4.69) is 5.32 Å². The van der Waals surface area contributed by atoms with Gasteiger partial charge in [-0.15, -0.1) is 0 Å². The molecule has 0 spiro atoms. The number of carbonyl (C=O) groups is 2. The maximum atomic E-state index is 11.7. The monoisotopic (exact) mass is 271 g/mol. The first-order valence-corrected chi connectivity index (χ1v) is 6.83. The molecule has 0 aromatic rings. The van der Waals surface area contributed by atoms with Crippen molar-refractivity contribution >= 4 is 11.9 Å². The smallest absolute Gasteiger partial charge is 0.310 e. The lowest BCUT2D eigenvalue weighted by Gasteiger charge is -2.37. The molecular formula is C14H25NO4. The van der Waals surface area contributed by atoms with Gasteiger partial charge in [0.25, 0.3) is 0 Å². The highest BCUT2D eigenvalue weighted by atomic mass is 16.4. The first-order valence-electron chi connectivity index (χ1n) is 6.83. The molecule has 110 valence electrons. The zero-order valence-corrected chi connectivity index (χ0v) is 12.0. The highest BCUT2D eigenvalue weighted by Gasteiger charge is 2.45. The van der Waals surface area contributed by atoms with Crippen LogP contribution in [0.25, 0.3) is 0 Å². The van der Waals surface area contributed by atoms with E-state index in [1.165, 1.54) is 0 Å². The summed E-state index contributed by atoms with van der Waals surface area (Å²) in [5.41, 5.74) is -0.862.